The van der Waals surface area contributed by atoms with Gasteiger partial charge in [-0.15, -0.1) is 0 Å². The molecule has 6 amide bonds. The van der Waals surface area contributed by atoms with E-state index in [-0.39, 0.29) is 74.9 Å². The van der Waals surface area contributed by atoms with Crippen molar-refractivity contribution >= 4 is 53.3 Å². The molecule has 0 aliphatic heterocycles. The molecule has 0 radical (unpaired) electrons. The van der Waals surface area contributed by atoms with E-state index in [4.69, 9.17) is 28.7 Å². The highest BCUT2D eigenvalue weighted by molar-refractivity contribution is 5.96. The van der Waals surface area contributed by atoms with E-state index >= 15 is 0 Å². The Morgan fingerprint density at radius 2 is 0.930 bits per heavy atom. The van der Waals surface area contributed by atoms with Crippen LogP contribution in [0.2, 0.25) is 0 Å². The molecular formula is C36H69N13O8. The summed E-state index contributed by atoms with van der Waals surface area (Å²) in [6.45, 7) is 14.0. The number of aliphatic imine (C=N–C) groups is 2. The van der Waals surface area contributed by atoms with Crippen molar-refractivity contribution in [1.29, 1.82) is 0 Å². The first-order chi connectivity index (χ1) is 26.5. The molecule has 0 fully saturated rings. The van der Waals surface area contributed by atoms with Gasteiger partial charge in [0.25, 0.3) is 0 Å². The summed E-state index contributed by atoms with van der Waals surface area (Å²) in [5.74, 6) is -6.06. The maximum Gasteiger partial charge on any atom is 0.326 e. The second kappa shape index (κ2) is 26.6. The maximum absolute atomic E-state index is 13.7. The number of hydrogen-bond donors (Lipinski definition) is 12. The molecule has 0 bridgehead atoms. The van der Waals surface area contributed by atoms with Gasteiger partial charge in [-0.25, -0.2) is 4.79 Å². The number of hydrogen-bond acceptors (Lipinski definition) is 10. The Kier molecular flexibility index (Phi) is 24.2. The van der Waals surface area contributed by atoms with E-state index in [1.54, 1.807) is 13.8 Å². The van der Waals surface area contributed by atoms with Crippen molar-refractivity contribution in [3.8, 4) is 0 Å². The van der Waals surface area contributed by atoms with Crippen LogP contribution < -0.4 is 60.6 Å². The Labute approximate surface area is 335 Å². The summed E-state index contributed by atoms with van der Waals surface area (Å²) in [6, 6.07) is -7.83. The Hall–Kier alpha value is -5.21. The van der Waals surface area contributed by atoms with Crippen LogP contribution in [0.25, 0.3) is 0 Å². The van der Waals surface area contributed by atoms with E-state index < -0.39 is 83.7 Å². The summed E-state index contributed by atoms with van der Waals surface area (Å²) in [6.07, 6.45) is 1.84. The van der Waals surface area contributed by atoms with Gasteiger partial charge in [-0.3, -0.25) is 38.8 Å². The summed E-state index contributed by atoms with van der Waals surface area (Å²) in [7, 11) is 0. The molecule has 0 aromatic carbocycles. The first kappa shape index (κ1) is 51.8. The number of guanidine groups is 2. The molecule has 0 saturated carbocycles. The van der Waals surface area contributed by atoms with Gasteiger partial charge in [0.2, 0.25) is 35.4 Å². The van der Waals surface area contributed by atoms with E-state index in [1.165, 1.54) is 13.8 Å². The monoisotopic (exact) mass is 812 g/mol. The minimum Gasteiger partial charge on any atom is -0.480 e. The number of carboxylic acid groups (broad SMARTS) is 1. The molecule has 8 atom stereocenters. The zero-order chi connectivity index (χ0) is 44.0. The number of amides is 6. The number of rotatable bonds is 27. The van der Waals surface area contributed by atoms with Gasteiger partial charge < -0.3 is 65.7 Å². The van der Waals surface area contributed by atoms with Crippen molar-refractivity contribution in [3.05, 3.63) is 0 Å². The summed E-state index contributed by atoms with van der Waals surface area (Å²) in [4.78, 5) is 99.2. The summed E-state index contributed by atoms with van der Waals surface area (Å²) in [5.41, 5.74) is 27.5. The number of nitrogens with two attached hydrogens (primary N) is 5. The fraction of sp³-hybridized carbons (Fsp3) is 0.750. The predicted octanol–water partition coefficient (Wildman–Crippen LogP) is -2.41. The molecule has 17 N–H and O–H groups in total. The number of carbonyl (C=O) groups is 7. The van der Waals surface area contributed by atoms with E-state index in [0.29, 0.717) is 12.8 Å². The molecule has 0 aromatic heterocycles. The molecule has 0 aliphatic rings. The number of carboxylic acids is 1. The van der Waals surface area contributed by atoms with Crippen molar-refractivity contribution in [1.82, 2.24) is 31.9 Å². The highest BCUT2D eigenvalue weighted by Gasteiger charge is 2.33. The van der Waals surface area contributed by atoms with Crippen LogP contribution in [-0.2, 0) is 33.6 Å². The summed E-state index contributed by atoms with van der Waals surface area (Å²) >= 11 is 0. The summed E-state index contributed by atoms with van der Waals surface area (Å²) in [5, 5.41) is 25.1. The van der Waals surface area contributed by atoms with E-state index in [2.05, 4.69) is 41.9 Å². The highest BCUT2D eigenvalue weighted by atomic mass is 16.4. The van der Waals surface area contributed by atoms with Gasteiger partial charge in [-0.1, -0.05) is 48.0 Å². The largest absolute Gasteiger partial charge is 0.480 e. The SMILES string of the molecule is CC[C@H](C)[C@H](NC(=O)[C@H](C)NC(=O)[C@H](CC(C)C)NC(=O)[C@H](CCCN=C(N)N)NC(=O)[C@H](C)NC(=O)[C@H](CC(C)C)NC(=O)[C@@H](N)CCCN=C(N)N)C(=O)O. The lowest BCUT2D eigenvalue weighted by molar-refractivity contribution is -0.143. The smallest absolute Gasteiger partial charge is 0.326 e. The van der Waals surface area contributed by atoms with Crippen LogP contribution in [0.5, 0.6) is 0 Å². The lowest BCUT2D eigenvalue weighted by atomic mass is 9.99. The van der Waals surface area contributed by atoms with Crippen molar-refractivity contribution < 1.29 is 38.7 Å². The predicted molar refractivity (Wildman–Crippen MR) is 217 cm³/mol. The second-order valence-corrected chi connectivity index (χ2v) is 15.1. The van der Waals surface area contributed by atoms with Crippen LogP contribution in [0.3, 0.4) is 0 Å². The number of nitrogens with one attached hydrogen (secondary N) is 6. The fourth-order valence-corrected chi connectivity index (χ4v) is 5.40. The fourth-order valence-electron chi connectivity index (χ4n) is 5.40. The highest BCUT2D eigenvalue weighted by Crippen LogP contribution is 2.11. The molecular weight excluding hydrogens is 742 g/mol. The summed E-state index contributed by atoms with van der Waals surface area (Å²) < 4.78 is 0. The number of aliphatic carboxylic acids is 1. The van der Waals surface area contributed by atoms with Crippen molar-refractivity contribution in [2.75, 3.05) is 13.1 Å². The molecule has 21 heteroatoms. The van der Waals surface area contributed by atoms with Crippen LogP contribution >= 0.6 is 0 Å². The van der Waals surface area contributed by atoms with E-state index in [0.717, 1.165) is 0 Å². The second-order valence-electron chi connectivity index (χ2n) is 15.1. The molecule has 57 heavy (non-hydrogen) atoms. The van der Waals surface area contributed by atoms with Gasteiger partial charge in [-0.05, 0) is 70.1 Å². The maximum atomic E-state index is 13.7. The van der Waals surface area contributed by atoms with E-state index in [1.807, 2.05) is 27.7 Å². The first-order valence-corrected chi connectivity index (χ1v) is 19.4. The molecule has 0 aliphatic carbocycles. The molecule has 0 rings (SSSR count). The Morgan fingerprint density at radius 1 is 0.544 bits per heavy atom. The van der Waals surface area contributed by atoms with Gasteiger partial charge in [0, 0.05) is 13.1 Å². The molecule has 0 unspecified atom stereocenters. The minimum absolute atomic E-state index is 0.0265. The van der Waals surface area contributed by atoms with Gasteiger partial charge in [-0.2, -0.15) is 0 Å². The Balaban J connectivity index is 5.97. The van der Waals surface area contributed by atoms with Crippen molar-refractivity contribution in [3.63, 3.8) is 0 Å². The molecule has 0 aromatic rings. The number of carbonyl (C=O) groups excluding carboxylic acids is 6. The standard InChI is InChI=1S/C36H69N13O8/c1-9-20(6)27(34(56)57)49-29(51)22(8)45-33(55)26(17-19(4)5)48-31(53)24(13-11-15-43-36(40)41)46-28(50)21(7)44-32(54)25(16-18(2)3)47-30(52)23(37)12-10-14-42-35(38)39/h18-27H,9-17,37H2,1-8H3,(H,44,54)(H,45,55)(H,46,50)(H,47,52)(H,48,53)(H,49,51)(H,56,57)(H4,38,39,42)(H4,40,41,43)/t20-,21-,22-,23-,24-,25-,26-,27-/m0/s1. The van der Waals surface area contributed by atoms with Crippen LogP contribution in [0.4, 0.5) is 0 Å². The van der Waals surface area contributed by atoms with Crippen LogP contribution in [0.15, 0.2) is 9.98 Å². The van der Waals surface area contributed by atoms with Crippen LogP contribution in [-0.4, -0.2) is 114 Å². The Bertz CT molecular complexity index is 1400. The van der Waals surface area contributed by atoms with Gasteiger partial charge in [0.15, 0.2) is 11.9 Å². The lowest BCUT2D eigenvalue weighted by Crippen LogP contribution is -2.59. The van der Waals surface area contributed by atoms with E-state index in [9.17, 15) is 38.7 Å². The normalized spacial score (nSPS) is 15.3. The lowest BCUT2D eigenvalue weighted by Gasteiger charge is -2.27. The van der Waals surface area contributed by atoms with Crippen LogP contribution in [0.1, 0.15) is 100 Å². The quantitative estimate of drug-likeness (QED) is 0.0234. The molecule has 0 saturated heterocycles. The zero-order valence-corrected chi connectivity index (χ0v) is 34.7. The van der Waals surface area contributed by atoms with Crippen molar-refractivity contribution in [2.45, 2.75) is 143 Å². The van der Waals surface area contributed by atoms with Gasteiger partial charge >= 0.3 is 5.97 Å². The third-order valence-electron chi connectivity index (χ3n) is 8.84. The average Bonchev–Trinajstić information content (AvgIpc) is 3.11. The van der Waals surface area contributed by atoms with Crippen LogP contribution in [0, 0.1) is 17.8 Å². The van der Waals surface area contributed by atoms with Gasteiger partial charge in [0.1, 0.15) is 36.3 Å². The average molecular weight is 812 g/mol. The van der Waals surface area contributed by atoms with Crippen molar-refractivity contribution in [2.24, 2.45) is 56.4 Å². The molecule has 326 valence electrons. The number of nitrogens with zero attached hydrogens (tertiary/aromatic N) is 2. The third-order valence-corrected chi connectivity index (χ3v) is 8.84. The minimum atomic E-state index is -1.22. The van der Waals surface area contributed by atoms with Gasteiger partial charge in [0.05, 0.1) is 6.04 Å². The third kappa shape index (κ3) is 21.6. The first-order valence-electron chi connectivity index (χ1n) is 19.4. The molecule has 21 nitrogen and oxygen atoms in total. The topological polar surface area (TPSA) is 367 Å². The molecule has 0 spiro atoms. The zero-order valence-electron chi connectivity index (χ0n) is 34.7. The Morgan fingerprint density at radius 3 is 1.33 bits per heavy atom. The molecule has 0 heterocycles.